The molecule has 0 atom stereocenters. The molecule has 0 amide bonds. The van der Waals surface area contributed by atoms with E-state index in [0.29, 0.717) is 0 Å². The lowest BCUT2D eigenvalue weighted by Crippen LogP contribution is -2.53. The molecule has 2 aliphatic rings. The molecule has 1 N–H and O–H groups in total. The van der Waals surface area contributed by atoms with E-state index in [0.717, 1.165) is 57.6 Å². The van der Waals surface area contributed by atoms with Crippen molar-refractivity contribution < 1.29 is 0 Å². The zero-order chi connectivity index (χ0) is 18.9. The highest BCUT2D eigenvalue weighted by Gasteiger charge is 2.21. The Kier molecular flexibility index (Phi) is 10.2. The minimum atomic E-state index is 0. The first-order chi connectivity index (χ1) is 13.3. The van der Waals surface area contributed by atoms with Crippen LogP contribution in [0.4, 0.5) is 5.95 Å². The Balaban J connectivity index is 0.00000280. The molecule has 9 heteroatoms. The molecule has 0 radical (unpaired) electrons. The van der Waals surface area contributed by atoms with Crippen LogP contribution in [0, 0.1) is 0 Å². The van der Waals surface area contributed by atoms with Gasteiger partial charge in [-0.25, -0.2) is 9.97 Å². The fraction of sp³-hybridized carbons (Fsp3) is 0.737. The van der Waals surface area contributed by atoms with Crippen LogP contribution in [0.1, 0.15) is 12.8 Å². The summed E-state index contributed by atoms with van der Waals surface area (Å²) in [6.45, 7) is 10.7. The Hall–Kier alpha value is -1.20. The summed E-state index contributed by atoms with van der Waals surface area (Å²) in [5, 5.41) is 3.55. The molecule has 1 aromatic heterocycles. The van der Waals surface area contributed by atoms with Crippen molar-refractivity contribution in [2.24, 2.45) is 4.99 Å². The van der Waals surface area contributed by atoms with Crippen molar-refractivity contribution in [2.75, 3.05) is 84.4 Å². The molecular weight excluding hydrogens is 467 g/mol. The molecular formula is C19H35IN8. The van der Waals surface area contributed by atoms with E-state index in [2.05, 4.69) is 46.9 Å². The molecule has 28 heavy (non-hydrogen) atoms. The molecule has 1 aromatic rings. The second kappa shape index (κ2) is 12.4. The van der Waals surface area contributed by atoms with Gasteiger partial charge >= 0.3 is 0 Å². The van der Waals surface area contributed by atoms with Crippen LogP contribution in [0.3, 0.4) is 0 Å². The van der Waals surface area contributed by atoms with Crippen molar-refractivity contribution >= 4 is 35.9 Å². The van der Waals surface area contributed by atoms with E-state index < -0.39 is 0 Å². The Morgan fingerprint density at radius 3 is 2.50 bits per heavy atom. The Morgan fingerprint density at radius 1 is 1.04 bits per heavy atom. The SMILES string of the molecule is CN=C(NCCCN1CCCN(C)CC1)N1CCN(c2ncccn2)CC1.I. The van der Waals surface area contributed by atoms with Crippen molar-refractivity contribution in [2.45, 2.75) is 12.8 Å². The number of piperazine rings is 1. The van der Waals surface area contributed by atoms with Crippen LogP contribution < -0.4 is 10.2 Å². The van der Waals surface area contributed by atoms with Crippen LogP contribution in [0.2, 0.25) is 0 Å². The first-order valence-electron chi connectivity index (χ1n) is 10.1. The van der Waals surface area contributed by atoms with Crippen LogP contribution >= 0.6 is 24.0 Å². The van der Waals surface area contributed by atoms with Gasteiger partial charge in [0.05, 0.1) is 0 Å². The summed E-state index contributed by atoms with van der Waals surface area (Å²) in [4.78, 5) is 22.8. The van der Waals surface area contributed by atoms with Gasteiger partial charge in [0.15, 0.2) is 5.96 Å². The first kappa shape index (κ1) is 23.1. The molecule has 0 aromatic carbocycles. The lowest BCUT2D eigenvalue weighted by atomic mass is 10.3. The van der Waals surface area contributed by atoms with Gasteiger partial charge in [-0.2, -0.15) is 0 Å². The van der Waals surface area contributed by atoms with Crippen LogP contribution in [-0.4, -0.2) is 110 Å². The number of hydrogen-bond acceptors (Lipinski definition) is 6. The second-order valence-electron chi connectivity index (χ2n) is 7.35. The number of nitrogens with zero attached hydrogens (tertiary/aromatic N) is 7. The molecule has 0 saturated carbocycles. The number of rotatable bonds is 5. The van der Waals surface area contributed by atoms with E-state index in [4.69, 9.17) is 0 Å². The lowest BCUT2D eigenvalue weighted by molar-refractivity contribution is 0.273. The van der Waals surface area contributed by atoms with E-state index in [9.17, 15) is 0 Å². The minimum Gasteiger partial charge on any atom is -0.356 e. The largest absolute Gasteiger partial charge is 0.356 e. The minimum absolute atomic E-state index is 0. The van der Waals surface area contributed by atoms with Gasteiger partial charge < -0.3 is 24.9 Å². The molecule has 158 valence electrons. The number of guanidine groups is 1. The highest BCUT2D eigenvalue weighted by atomic mass is 127. The average Bonchev–Trinajstić information content (AvgIpc) is 2.93. The van der Waals surface area contributed by atoms with Crippen LogP contribution in [0.25, 0.3) is 0 Å². The zero-order valence-corrected chi connectivity index (χ0v) is 19.6. The van der Waals surface area contributed by atoms with Crippen LogP contribution in [0.5, 0.6) is 0 Å². The second-order valence-corrected chi connectivity index (χ2v) is 7.35. The number of halogens is 1. The predicted octanol–water partition coefficient (Wildman–Crippen LogP) is 0.820. The van der Waals surface area contributed by atoms with Crippen molar-refractivity contribution in [3.63, 3.8) is 0 Å². The summed E-state index contributed by atoms with van der Waals surface area (Å²) in [7, 11) is 4.10. The summed E-state index contributed by atoms with van der Waals surface area (Å²) in [6, 6.07) is 1.86. The molecule has 8 nitrogen and oxygen atoms in total. The topological polar surface area (TPSA) is 63.1 Å². The van der Waals surface area contributed by atoms with E-state index >= 15 is 0 Å². The van der Waals surface area contributed by atoms with Crippen molar-refractivity contribution in [1.82, 2.24) is 30.0 Å². The van der Waals surface area contributed by atoms with Crippen LogP contribution in [0.15, 0.2) is 23.5 Å². The average molecular weight is 502 g/mol. The third-order valence-electron chi connectivity index (χ3n) is 5.37. The van der Waals surface area contributed by atoms with Crippen LogP contribution in [-0.2, 0) is 0 Å². The van der Waals surface area contributed by atoms with Gasteiger partial charge in [0.2, 0.25) is 5.95 Å². The third-order valence-corrected chi connectivity index (χ3v) is 5.37. The molecule has 0 spiro atoms. The summed E-state index contributed by atoms with van der Waals surface area (Å²) >= 11 is 0. The molecule has 2 aliphatic heterocycles. The summed E-state index contributed by atoms with van der Waals surface area (Å²) in [5.74, 6) is 1.84. The maximum Gasteiger partial charge on any atom is 0.225 e. The predicted molar refractivity (Wildman–Crippen MR) is 126 cm³/mol. The molecule has 0 bridgehead atoms. The smallest absolute Gasteiger partial charge is 0.225 e. The first-order valence-corrected chi connectivity index (χ1v) is 10.1. The Labute approximate surface area is 186 Å². The van der Waals surface area contributed by atoms with Crippen molar-refractivity contribution in [3.8, 4) is 0 Å². The monoisotopic (exact) mass is 502 g/mol. The number of nitrogens with one attached hydrogen (secondary N) is 1. The zero-order valence-electron chi connectivity index (χ0n) is 17.3. The Bertz CT molecular complexity index is 577. The molecule has 0 aliphatic carbocycles. The van der Waals surface area contributed by atoms with E-state index in [1.165, 1.54) is 32.6 Å². The quantitative estimate of drug-likeness (QED) is 0.277. The van der Waals surface area contributed by atoms with Crippen molar-refractivity contribution in [3.05, 3.63) is 18.5 Å². The Morgan fingerprint density at radius 2 is 1.79 bits per heavy atom. The molecule has 2 fully saturated rings. The van der Waals surface area contributed by atoms with Gasteiger partial charge in [-0.1, -0.05) is 0 Å². The standard InChI is InChI=1S/C19H34N8.HI/c1-20-18(21-8-4-10-25-11-5-9-24(2)12-13-25)26-14-16-27(17-15-26)19-22-6-3-7-23-19;/h3,6-7H,4-5,8-17H2,1-2H3,(H,20,21);1H. The third kappa shape index (κ3) is 7.00. The number of aliphatic imine (C=N–C) groups is 1. The van der Waals surface area contributed by atoms with E-state index in [1.54, 1.807) is 12.4 Å². The van der Waals surface area contributed by atoms with Crippen molar-refractivity contribution in [1.29, 1.82) is 0 Å². The normalized spacial score (nSPS) is 19.9. The van der Waals surface area contributed by atoms with Gasteiger partial charge in [0, 0.05) is 65.3 Å². The summed E-state index contributed by atoms with van der Waals surface area (Å²) in [6.07, 6.45) is 6.04. The van der Waals surface area contributed by atoms with Gasteiger partial charge in [-0.05, 0) is 45.6 Å². The number of aromatic nitrogens is 2. The lowest BCUT2D eigenvalue weighted by Gasteiger charge is -2.36. The maximum absolute atomic E-state index is 4.48. The van der Waals surface area contributed by atoms with Gasteiger partial charge in [0.1, 0.15) is 0 Å². The fourth-order valence-corrected chi connectivity index (χ4v) is 3.73. The van der Waals surface area contributed by atoms with Gasteiger partial charge in [-0.3, -0.25) is 4.99 Å². The van der Waals surface area contributed by atoms with Gasteiger partial charge in [-0.15, -0.1) is 24.0 Å². The summed E-state index contributed by atoms with van der Waals surface area (Å²) < 4.78 is 0. The molecule has 2 saturated heterocycles. The molecule has 3 rings (SSSR count). The highest BCUT2D eigenvalue weighted by Crippen LogP contribution is 2.09. The van der Waals surface area contributed by atoms with E-state index in [-0.39, 0.29) is 24.0 Å². The molecule has 0 unspecified atom stereocenters. The van der Waals surface area contributed by atoms with E-state index in [1.807, 2.05) is 13.1 Å². The number of hydrogen-bond donors (Lipinski definition) is 1. The van der Waals surface area contributed by atoms with Gasteiger partial charge in [0.25, 0.3) is 0 Å². The summed E-state index contributed by atoms with van der Waals surface area (Å²) in [5.41, 5.74) is 0. The highest BCUT2D eigenvalue weighted by molar-refractivity contribution is 14.0. The number of anilines is 1. The molecule has 3 heterocycles. The maximum atomic E-state index is 4.48. The number of likely N-dealkylation sites (N-methyl/N-ethyl adjacent to an activating group) is 1. The fourth-order valence-electron chi connectivity index (χ4n) is 3.73.